The zero-order valence-electron chi connectivity index (χ0n) is 15.9. The van der Waals surface area contributed by atoms with Gasteiger partial charge in [-0.2, -0.15) is 0 Å². The summed E-state index contributed by atoms with van der Waals surface area (Å²) in [7, 11) is 0. The molecule has 1 unspecified atom stereocenters. The lowest BCUT2D eigenvalue weighted by molar-refractivity contribution is -0.143. The Hall–Kier alpha value is -2.83. The van der Waals surface area contributed by atoms with E-state index in [0.717, 1.165) is 34.5 Å². The van der Waals surface area contributed by atoms with Gasteiger partial charge in [0.2, 0.25) is 0 Å². The number of carbonyl (C=O) groups is 1. The fourth-order valence-electron chi connectivity index (χ4n) is 4.25. The van der Waals surface area contributed by atoms with E-state index in [1.807, 2.05) is 42.6 Å². The first-order chi connectivity index (χ1) is 14.2. The fourth-order valence-corrected chi connectivity index (χ4v) is 5.38. The van der Waals surface area contributed by atoms with Crippen LogP contribution in [0.4, 0.5) is 0 Å². The van der Waals surface area contributed by atoms with E-state index < -0.39 is 5.97 Å². The maximum absolute atomic E-state index is 11.4. The van der Waals surface area contributed by atoms with Gasteiger partial charge in [0.25, 0.3) is 0 Å². The largest absolute Gasteiger partial charge is 0.481 e. The quantitative estimate of drug-likeness (QED) is 0.534. The van der Waals surface area contributed by atoms with Crippen LogP contribution in [-0.2, 0) is 4.79 Å². The van der Waals surface area contributed by atoms with E-state index in [-0.39, 0.29) is 12.0 Å². The molecule has 2 aromatic heterocycles. The molecule has 1 N–H and O–H groups in total. The van der Waals surface area contributed by atoms with E-state index in [1.54, 1.807) is 11.3 Å². The molecule has 1 aliphatic heterocycles. The summed E-state index contributed by atoms with van der Waals surface area (Å²) in [4.78, 5) is 23.3. The normalized spacial score (nSPS) is 17.0. The molecule has 0 amide bonds. The molecule has 5 nitrogen and oxygen atoms in total. The summed E-state index contributed by atoms with van der Waals surface area (Å²) in [5, 5.41) is 11.6. The molecule has 6 heteroatoms. The Morgan fingerprint density at radius 2 is 1.76 bits per heavy atom. The number of likely N-dealkylation sites (tertiary alicyclic amines) is 1. The van der Waals surface area contributed by atoms with Gasteiger partial charge in [0, 0.05) is 11.6 Å². The highest BCUT2D eigenvalue weighted by atomic mass is 32.1. The van der Waals surface area contributed by atoms with Crippen molar-refractivity contribution in [1.29, 1.82) is 0 Å². The molecular formula is C23H21N3O2S. The molecule has 0 bridgehead atoms. The van der Waals surface area contributed by atoms with E-state index in [0.29, 0.717) is 12.8 Å². The lowest BCUT2D eigenvalue weighted by Gasteiger charge is -2.36. The summed E-state index contributed by atoms with van der Waals surface area (Å²) >= 11 is 1.72. The van der Waals surface area contributed by atoms with Crippen molar-refractivity contribution in [3.05, 3.63) is 71.4 Å². The lowest BCUT2D eigenvalue weighted by Crippen LogP contribution is -2.39. The monoisotopic (exact) mass is 403 g/mol. The highest BCUT2D eigenvalue weighted by molar-refractivity contribution is 7.18. The summed E-state index contributed by atoms with van der Waals surface area (Å²) in [5.74, 6) is -0.938. The summed E-state index contributed by atoms with van der Waals surface area (Å²) in [6, 6.07) is 18.5. The Kier molecular flexibility index (Phi) is 4.73. The van der Waals surface area contributed by atoms with E-state index in [4.69, 9.17) is 4.98 Å². The van der Waals surface area contributed by atoms with E-state index >= 15 is 0 Å². The third-order valence-electron chi connectivity index (χ3n) is 5.77. The molecular weight excluding hydrogens is 382 g/mol. The van der Waals surface area contributed by atoms with Gasteiger partial charge >= 0.3 is 5.97 Å². The summed E-state index contributed by atoms with van der Waals surface area (Å²) < 4.78 is 1.17. The first-order valence-corrected chi connectivity index (χ1v) is 10.7. The molecule has 0 aliphatic carbocycles. The van der Waals surface area contributed by atoms with Gasteiger partial charge in [-0.1, -0.05) is 30.3 Å². The first kappa shape index (κ1) is 18.2. The van der Waals surface area contributed by atoms with E-state index in [9.17, 15) is 9.90 Å². The van der Waals surface area contributed by atoms with Gasteiger partial charge in [-0.15, -0.1) is 11.3 Å². The number of rotatable bonds is 4. The van der Waals surface area contributed by atoms with Crippen molar-refractivity contribution >= 4 is 38.4 Å². The van der Waals surface area contributed by atoms with Gasteiger partial charge in [-0.25, -0.2) is 4.98 Å². The molecule has 1 aliphatic rings. The predicted octanol–water partition coefficient (Wildman–Crippen LogP) is 4.73. The highest BCUT2D eigenvalue weighted by Gasteiger charge is 2.32. The number of thiazole rings is 1. The fraction of sp³-hybridized carbons (Fsp3) is 0.261. The van der Waals surface area contributed by atoms with Crippen molar-refractivity contribution in [3.63, 3.8) is 0 Å². The van der Waals surface area contributed by atoms with Gasteiger partial charge in [0.15, 0.2) is 0 Å². The number of benzene rings is 2. The van der Waals surface area contributed by atoms with Crippen LogP contribution < -0.4 is 0 Å². The zero-order chi connectivity index (χ0) is 19.8. The number of fused-ring (bicyclic) bond motifs is 2. The van der Waals surface area contributed by atoms with Crippen molar-refractivity contribution < 1.29 is 9.90 Å². The Morgan fingerprint density at radius 1 is 1.03 bits per heavy atom. The number of carboxylic acid groups (broad SMARTS) is 1. The molecule has 0 saturated carbocycles. The molecule has 29 heavy (non-hydrogen) atoms. The van der Waals surface area contributed by atoms with Crippen LogP contribution in [0.5, 0.6) is 0 Å². The van der Waals surface area contributed by atoms with Crippen LogP contribution in [-0.4, -0.2) is 39.0 Å². The van der Waals surface area contributed by atoms with Crippen molar-refractivity contribution in [1.82, 2.24) is 14.9 Å². The Morgan fingerprint density at radius 3 is 2.52 bits per heavy atom. The maximum atomic E-state index is 11.4. The number of hydrogen-bond donors (Lipinski definition) is 1. The average Bonchev–Trinajstić information content (AvgIpc) is 3.18. The SMILES string of the molecule is O=C(O)C1CCN(C(c2nc3ccccc3s2)c2ccnc3ccccc23)CC1. The molecule has 2 aromatic carbocycles. The number of piperidine rings is 1. The molecule has 0 spiro atoms. The number of para-hydroxylation sites is 2. The van der Waals surface area contributed by atoms with E-state index in [1.165, 1.54) is 10.3 Å². The van der Waals surface area contributed by atoms with Crippen LogP contribution >= 0.6 is 11.3 Å². The number of nitrogens with zero attached hydrogens (tertiary/aromatic N) is 3. The number of aromatic nitrogens is 2. The Balaban J connectivity index is 1.62. The molecule has 1 saturated heterocycles. The van der Waals surface area contributed by atoms with Crippen molar-refractivity contribution in [2.45, 2.75) is 18.9 Å². The van der Waals surface area contributed by atoms with Gasteiger partial charge in [-0.05, 0) is 55.8 Å². The third kappa shape index (κ3) is 3.39. The second-order valence-corrected chi connectivity index (χ2v) is 8.55. The standard InChI is InChI=1S/C23H21N3O2S/c27-23(28)15-10-13-26(14-11-15)21(22-25-19-7-3-4-8-20(19)29-22)17-9-12-24-18-6-2-1-5-16(17)18/h1-9,12,15,21H,10-11,13-14H2,(H,27,28). The van der Waals surface area contributed by atoms with Crippen molar-refractivity contribution in [2.24, 2.45) is 5.92 Å². The number of aliphatic carboxylic acids is 1. The zero-order valence-corrected chi connectivity index (χ0v) is 16.7. The van der Waals surface area contributed by atoms with Gasteiger partial charge in [0.05, 0.1) is 27.7 Å². The lowest BCUT2D eigenvalue weighted by atomic mass is 9.93. The smallest absolute Gasteiger partial charge is 0.306 e. The molecule has 1 atom stereocenters. The van der Waals surface area contributed by atoms with Crippen LogP contribution in [0.3, 0.4) is 0 Å². The molecule has 5 rings (SSSR count). The number of pyridine rings is 1. The minimum Gasteiger partial charge on any atom is -0.481 e. The van der Waals surface area contributed by atoms with Crippen LogP contribution in [0, 0.1) is 5.92 Å². The second kappa shape index (κ2) is 7.54. The van der Waals surface area contributed by atoms with Crippen LogP contribution in [0.25, 0.3) is 21.1 Å². The van der Waals surface area contributed by atoms with Crippen molar-refractivity contribution in [2.75, 3.05) is 13.1 Å². The van der Waals surface area contributed by atoms with Gasteiger partial charge in [-0.3, -0.25) is 14.7 Å². The predicted molar refractivity (Wildman–Crippen MR) is 115 cm³/mol. The third-order valence-corrected chi connectivity index (χ3v) is 6.85. The highest BCUT2D eigenvalue weighted by Crippen LogP contribution is 2.38. The molecule has 1 fully saturated rings. The number of hydrogen-bond acceptors (Lipinski definition) is 5. The summed E-state index contributed by atoms with van der Waals surface area (Å²) in [6.07, 6.45) is 3.20. The van der Waals surface area contributed by atoms with E-state index in [2.05, 4.69) is 28.1 Å². The molecule has 4 aromatic rings. The summed E-state index contributed by atoms with van der Waals surface area (Å²) in [6.45, 7) is 1.49. The molecule has 146 valence electrons. The van der Waals surface area contributed by atoms with Gasteiger partial charge in [0.1, 0.15) is 5.01 Å². The molecule has 0 radical (unpaired) electrons. The minimum atomic E-state index is -0.685. The second-order valence-electron chi connectivity index (χ2n) is 7.49. The molecule has 3 heterocycles. The number of carboxylic acids is 1. The van der Waals surface area contributed by atoms with Gasteiger partial charge < -0.3 is 5.11 Å². The maximum Gasteiger partial charge on any atom is 0.306 e. The van der Waals surface area contributed by atoms with Crippen molar-refractivity contribution in [3.8, 4) is 0 Å². The van der Waals surface area contributed by atoms with Crippen LogP contribution in [0.2, 0.25) is 0 Å². The average molecular weight is 404 g/mol. The van der Waals surface area contributed by atoms with Crippen LogP contribution in [0.15, 0.2) is 60.8 Å². The Bertz CT molecular complexity index is 1140. The van der Waals surface area contributed by atoms with Crippen LogP contribution in [0.1, 0.15) is 29.5 Å². The Labute approximate surface area is 172 Å². The minimum absolute atomic E-state index is 0.00459. The first-order valence-electron chi connectivity index (χ1n) is 9.86. The summed E-state index contributed by atoms with van der Waals surface area (Å²) in [5.41, 5.74) is 3.16. The topological polar surface area (TPSA) is 66.3 Å².